The molecule has 114 valence electrons. The Balaban J connectivity index is 2.50. The van der Waals surface area contributed by atoms with Gasteiger partial charge in [0.05, 0.1) is 11.9 Å². The van der Waals surface area contributed by atoms with Crippen LogP contribution in [0.4, 0.5) is 0 Å². The lowest BCUT2D eigenvalue weighted by molar-refractivity contribution is -0.124. The third-order valence-electron chi connectivity index (χ3n) is 3.18. The van der Waals surface area contributed by atoms with Crippen LogP contribution in [0.3, 0.4) is 0 Å². The smallest absolute Gasteiger partial charge is 0.244 e. The zero-order chi connectivity index (χ0) is 15.0. The number of hydrogen-bond donors (Lipinski definition) is 2. The Labute approximate surface area is 121 Å². The summed E-state index contributed by atoms with van der Waals surface area (Å²) in [5, 5.41) is 14.4. The lowest BCUT2D eigenvalue weighted by atomic mass is 10.2. The lowest BCUT2D eigenvalue weighted by Gasteiger charge is -2.16. The second kappa shape index (κ2) is 8.68. The number of amides is 1. The van der Waals surface area contributed by atoms with E-state index in [0.717, 1.165) is 31.5 Å². The standard InChI is InChI=1S/C14H27N5O/c1-5-7-11(3)16-14(20)12(4)19-10-13(17-18-19)9-15-8-6-2/h10-12,15H,5-9H2,1-4H3,(H,16,20). The minimum absolute atomic E-state index is 0.0103. The predicted molar refractivity (Wildman–Crippen MR) is 79.2 cm³/mol. The molecule has 0 aliphatic heterocycles. The first-order valence-electron chi connectivity index (χ1n) is 7.50. The molecule has 0 aliphatic rings. The van der Waals surface area contributed by atoms with Gasteiger partial charge in [-0.05, 0) is 33.2 Å². The third kappa shape index (κ3) is 5.28. The highest BCUT2D eigenvalue weighted by Crippen LogP contribution is 2.06. The van der Waals surface area contributed by atoms with Crippen molar-refractivity contribution in [1.82, 2.24) is 25.6 Å². The first-order chi connectivity index (χ1) is 9.58. The molecule has 2 unspecified atom stereocenters. The Bertz CT molecular complexity index is 404. The summed E-state index contributed by atoms with van der Waals surface area (Å²) in [7, 11) is 0. The van der Waals surface area contributed by atoms with Crippen LogP contribution in [0.2, 0.25) is 0 Å². The van der Waals surface area contributed by atoms with E-state index in [9.17, 15) is 4.79 Å². The van der Waals surface area contributed by atoms with Crippen molar-refractivity contribution >= 4 is 5.91 Å². The average molecular weight is 281 g/mol. The highest BCUT2D eigenvalue weighted by atomic mass is 16.2. The van der Waals surface area contributed by atoms with Gasteiger partial charge in [-0.3, -0.25) is 4.79 Å². The second-order valence-corrected chi connectivity index (χ2v) is 5.24. The fourth-order valence-electron chi connectivity index (χ4n) is 1.97. The minimum atomic E-state index is -0.332. The number of carbonyl (C=O) groups is 1. The van der Waals surface area contributed by atoms with Crippen molar-refractivity contribution in [3.05, 3.63) is 11.9 Å². The largest absolute Gasteiger partial charge is 0.352 e. The summed E-state index contributed by atoms with van der Waals surface area (Å²) in [4.78, 5) is 12.1. The Morgan fingerprint density at radius 3 is 2.75 bits per heavy atom. The first-order valence-corrected chi connectivity index (χ1v) is 7.50. The van der Waals surface area contributed by atoms with Crippen LogP contribution in [-0.4, -0.2) is 33.5 Å². The number of aromatic nitrogens is 3. The van der Waals surface area contributed by atoms with E-state index in [1.165, 1.54) is 0 Å². The van der Waals surface area contributed by atoms with Gasteiger partial charge < -0.3 is 10.6 Å². The first kappa shape index (κ1) is 16.6. The van der Waals surface area contributed by atoms with Gasteiger partial charge in [0.1, 0.15) is 6.04 Å². The lowest BCUT2D eigenvalue weighted by Crippen LogP contribution is -2.37. The Morgan fingerprint density at radius 1 is 1.35 bits per heavy atom. The molecule has 6 nitrogen and oxygen atoms in total. The van der Waals surface area contributed by atoms with Crippen molar-refractivity contribution in [3.8, 4) is 0 Å². The summed E-state index contributed by atoms with van der Waals surface area (Å²) in [6.45, 7) is 9.74. The Kier molecular flexibility index (Phi) is 7.22. The second-order valence-electron chi connectivity index (χ2n) is 5.24. The molecule has 1 aromatic heterocycles. The highest BCUT2D eigenvalue weighted by Gasteiger charge is 2.18. The van der Waals surface area contributed by atoms with Gasteiger partial charge in [0.25, 0.3) is 0 Å². The van der Waals surface area contributed by atoms with Gasteiger partial charge in [-0.1, -0.05) is 25.5 Å². The maximum absolute atomic E-state index is 12.1. The maximum Gasteiger partial charge on any atom is 0.244 e. The molecule has 0 radical (unpaired) electrons. The summed E-state index contributed by atoms with van der Waals surface area (Å²) in [6, 6.07) is -0.133. The van der Waals surface area contributed by atoms with E-state index < -0.39 is 0 Å². The molecule has 6 heteroatoms. The zero-order valence-corrected chi connectivity index (χ0v) is 13.0. The number of nitrogens with one attached hydrogen (secondary N) is 2. The highest BCUT2D eigenvalue weighted by molar-refractivity contribution is 5.79. The quantitative estimate of drug-likeness (QED) is 0.675. The number of hydrogen-bond acceptors (Lipinski definition) is 4. The van der Waals surface area contributed by atoms with Gasteiger partial charge in [0.2, 0.25) is 5.91 Å². The average Bonchev–Trinajstić information content (AvgIpc) is 2.87. The van der Waals surface area contributed by atoms with E-state index >= 15 is 0 Å². The molecule has 0 aromatic carbocycles. The van der Waals surface area contributed by atoms with E-state index in [-0.39, 0.29) is 18.0 Å². The van der Waals surface area contributed by atoms with E-state index in [0.29, 0.717) is 6.54 Å². The SMILES string of the molecule is CCCNCc1cn(C(C)C(=O)NC(C)CCC)nn1. The molecule has 0 fully saturated rings. The Hall–Kier alpha value is -1.43. The van der Waals surface area contributed by atoms with Gasteiger partial charge in [-0.2, -0.15) is 0 Å². The van der Waals surface area contributed by atoms with Crippen LogP contribution < -0.4 is 10.6 Å². The molecule has 2 atom stereocenters. The van der Waals surface area contributed by atoms with Crippen molar-refractivity contribution in [3.63, 3.8) is 0 Å². The molecule has 20 heavy (non-hydrogen) atoms. The van der Waals surface area contributed by atoms with E-state index in [1.807, 2.05) is 20.0 Å². The molecule has 0 saturated heterocycles. The summed E-state index contributed by atoms with van der Waals surface area (Å²) in [5.74, 6) is -0.0103. The molecule has 0 saturated carbocycles. The van der Waals surface area contributed by atoms with Crippen LogP contribution in [0, 0.1) is 0 Å². The van der Waals surface area contributed by atoms with Crippen molar-refractivity contribution in [2.24, 2.45) is 0 Å². The summed E-state index contributed by atoms with van der Waals surface area (Å²) < 4.78 is 1.62. The van der Waals surface area contributed by atoms with Crippen LogP contribution in [0.15, 0.2) is 6.20 Å². The van der Waals surface area contributed by atoms with Crippen LogP contribution >= 0.6 is 0 Å². The van der Waals surface area contributed by atoms with Gasteiger partial charge >= 0.3 is 0 Å². The zero-order valence-electron chi connectivity index (χ0n) is 13.0. The van der Waals surface area contributed by atoms with Crippen LogP contribution in [0.5, 0.6) is 0 Å². The van der Waals surface area contributed by atoms with E-state index in [1.54, 1.807) is 4.68 Å². The predicted octanol–water partition coefficient (Wildman–Crippen LogP) is 1.64. The van der Waals surface area contributed by atoms with Crippen LogP contribution in [0.1, 0.15) is 58.7 Å². The molecule has 1 rings (SSSR count). The van der Waals surface area contributed by atoms with Gasteiger partial charge in [-0.15, -0.1) is 5.10 Å². The number of carbonyl (C=O) groups excluding carboxylic acids is 1. The molecule has 0 spiro atoms. The fourth-order valence-corrected chi connectivity index (χ4v) is 1.97. The minimum Gasteiger partial charge on any atom is -0.352 e. The van der Waals surface area contributed by atoms with Gasteiger partial charge in [0, 0.05) is 12.6 Å². The molecular weight excluding hydrogens is 254 g/mol. The number of nitrogens with zero attached hydrogens (tertiary/aromatic N) is 3. The van der Waals surface area contributed by atoms with Gasteiger partial charge in [0.15, 0.2) is 0 Å². The topological polar surface area (TPSA) is 71.8 Å². The molecule has 2 N–H and O–H groups in total. The van der Waals surface area contributed by atoms with Crippen molar-refractivity contribution < 1.29 is 4.79 Å². The normalized spacial score (nSPS) is 14.0. The summed E-state index contributed by atoms with van der Waals surface area (Å²) in [5.41, 5.74) is 0.861. The molecule has 1 amide bonds. The maximum atomic E-state index is 12.1. The monoisotopic (exact) mass is 281 g/mol. The van der Waals surface area contributed by atoms with E-state index in [2.05, 4.69) is 34.8 Å². The fraction of sp³-hybridized carbons (Fsp3) is 0.786. The molecule has 1 heterocycles. The van der Waals surface area contributed by atoms with Gasteiger partial charge in [-0.25, -0.2) is 4.68 Å². The molecule has 1 aromatic rings. The summed E-state index contributed by atoms with van der Waals surface area (Å²) >= 11 is 0. The molecular formula is C14H27N5O. The summed E-state index contributed by atoms with van der Waals surface area (Å²) in [6.07, 6.45) is 4.97. The van der Waals surface area contributed by atoms with Crippen molar-refractivity contribution in [2.75, 3.05) is 6.54 Å². The number of rotatable bonds is 9. The van der Waals surface area contributed by atoms with E-state index in [4.69, 9.17) is 0 Å². The van der Waals surface area contributed by atoms with Crippen LogP contribution in [0.25, 0.3) is 0 Å². The van der Waals surface area contributed by atoms with Crippen molar-refractivity contribution in [2.45, 2.75) is 65.6 Å². The Morgan fingerprint density at radius 2 is 2.10 bits per heavy atom. The molecule has 0 bridgehead atoms. The third-order valence-corrected chi connectivity index (χ3v) is 3.18. The molecule has 0 aliphatic carbocycles. The van der Waals surface area contributed by atoms with Crippen molar-refractivity contribution in [1.29, 1.82) is 0 Å². The van der Waals surface area contributed by atoms with Crippen LogP contribution in [-0.2, 0) is 11.3 Å².